The minimum absolute atomic E-state index is 0.0312. The standard InChI is InChI=1S/C13H9BrFN3Se/c14-10-6-9(15)5-4-8(10)7-16-11-2-1-3-12-13(11)18-19-17-12/h1-6,16H,7H2. The molecule has 0 unspecified atom stereocenters. The van der Waals surface area contributed by atoms with E-state index in [9.17, 15) is 4.39 Å². The molecule has 0 radical (unpaired) electrons. The number of nitrogens with one attached hydrogen (secondary N) is 1. The molecule has 0 saturated heterocycles. The van der Waals surface area contributed by atoms with Crippen molar-refractivity contribution in [3.63, 3.8) is 0 Å². The summed E-state index contributed by atoms with van der Waals surface area (Å²) in [6.45, 7) is 0.611. The summed E-state index contributed by atoms with van der Waals surface area (Å²) in [4.78, 5) is 0. The number of rotatable bonds is 3. The predicted molar refractivity (Wildman–Crippen MR) is 77.8 cm³/mol. The Bertz CT molecular complexity index is 711. The third kappa shape index (κ3) is 2.71. The average molecular weight is 385 g/mol. The maximum atomic E-state index is 13.0. The van der Waals surface area contributed by atoms with Gasteiger partial charge in [-0.3, -0.25) is 0 Å². The van der Waals surface area contributed by atoms with Gasteiger partial charge in [0, 0.05) is 0 Å². The normalized spacial score (nSPS) is 12.1. The van der Waals surface area contributed by atoms with E-state index in [1.54, 1.807) is 6.07 Å². The number of fused-ring (bicyclic) bond motifs is 1. The van der Waals surface area contributed by atoms with Gasteiger partial charge in [-0.1, -0.05) is 0 Å². The molecule has 1 aliphatic rings. The number of halogens is 2. The predicted octanol–water partition coefficient (Wildman–Crippen LogP) is 4.55. The van der Waals surface area contributed by atoms with Crippen LogP contribution in [-0.4, -0.2) is 14.6 Å². The summed E-state index contributed by atoms with van der Waals surface area (Å²) in [7, 11) is 0. The first-order valence-corrected chi connectivity index (χ1v) is 7.95. The van der Waals surface area contributed by atoms with Crippen molar-refractivity contribution in [2.24, 2.45) is 7.92 Å². The van der Waals surface area contributed by atoms with Gasteiger partial charge in [-0.05, 0) is 0 Å². The Morgan fingerprint density at radius 2 is 2.11 bits per heavy atom. The van der Waals surface area contributed by atoms with Gasteiger partial charge in [-0.15, -0.1) is 0 Å². The molecule has 1 N–H and O–H groups in total. The van der Waals surface area contributed by atoms with Crippen LogP contribution in [0.25, 0.3) is 0 Å². The SMILES string of the molecule is Fc1ccc(CNc2cccc3c2N=[Se]=N3)c(Br)c1. The monoisotopic (exact) mass is 385 g/mol. The van der Waals surface area contributed by atoms with Crippen LogP contribution in [0.5, 0.6) is 0 Å². The van der Waals surface area contributed by atoms with Crippen molar-refractivity contribution in [3.8, 4) is 0 Å². The summed E-state index contributed by atoms with van der Waals surface area (Å²) in [5, 5.41) is 3.33. The Hall–Kier alpha value is -1.23. The van der Waals surface area contributed by atoms with Crippen LogP contribution in [0.2, 0.25) is 0 Å². The van der Waals surface area contributed by atoms with E-state index in [-0.39, 0.29) is 20.4 Å². The van der Waals surface area contributed by atoms with Gasteiger partial charge < -0.3 is 0 Å². The minimum atomic E-state index is -0.243. The van der Waals surface area contributed by atoms with E-state index in [4.69, 9.17) is 0 Å². The van der Waals surface area contributed by atoms with Crippen LogP contribution < -0.4 is 5.32 Å². The molecule has 0 fully saturated rings. The molecule has 0 aliphatic carbocycles. The average Bonchev–Trinajstić information content (AvgIpc) is 2.86. The second kappa shape index (κ2) is 5.41. The third-order valence-corrected chi connectivity index (χ3v) is 4.65. The van der Waals surface area contributed by atoms with Gasteiger partial charge in [-0.25, -0.2) is 0 Å². The number of nitrogens with zero attached hydrogens (tertiary/aromatic N) is 2. The first-order chi connectivity index (χ1) is 9.24. The van der Waals surface area contributed by atoms with Crippen molar-refractivity contribution in [1.82, 2.24) is 0 Å². The molecule has 0 saturated carbocycles. The van der Waals surface area contributed by atoms with Crippen molar-refractivity contribution >= 4 is 47.6 Å². The van der Waals surface area contributed by atoms with E-state index in [0.29, 0.717) is 6.54 Å². The molecule has 96 valence electrons. The van der Waals surface area contributed by atoms with Crippen molar-refractivity contribution in [2.75, 3.05) is 5.32 Å². The zero-order valence-corrected chi connectivity index (χ0v) is 13.0. The summed E-state index contributed by atoms with van der Waals surface area (Å²) in [5.74, 6) is -0.243. The molecule has 6 heteroatoms. The fourth-order valence-corrected chi connectivity index (χ4v) is 3.45. The van der Waals surface area contributed by atoms with Crippen LogP contribution in [0.15, 0.2) is 48.8 Å². The summed E-state index contributed by atoms with van der Waals surface area (Å²) in [5.41, 5.74) is 3.85. The van der Waals surface area contributed by atoms with Gasteiger partial charge in [0.05, 0.1) is 0 Å². The van der Waals surface area contributed by atoms with E-state index in [1.165, 1.54) is 12.1 Å². The zero-order chi connectivity index (χ0) is 13.2. The van der Waals surface area contributed by atoms with Gasteiger partial charge in [-0.2, -0.15) is 0 Å². The molecule has 0 atom stereocenters. The van der Waals surface area contributed by atoms with Crippen LogP contribution in [-0.2, 0) is 6.54 Å². The molecule has 0 bridgehead atoms. The Balaban J connectivity index is 1.80. The third-order valence-electron chi connectivity index (χ3n) is 2.77. The Labute approximate surface area is 124 Å². The fraction of sp³-hybridized carbons (Fsp3) is 0.0769. The van der Waals surface area contributed by atoms with Gasteiger partial charge in [0.1, 0.15) is 0 Å². The number of hydrogen-bond donors (Lipinski definition) is 1. The van der Waals surface area contributed by atoms with E-state index < -0.39 is 0 Å². The van der Waals surface area contributed by atoms with E-state index in [1.807, 2.05) is 18.2 Å². The molecule has 2 aromatic rings. The summed E-state index contributed by atoms with van der Waals surface area (Å²) in [6.07, 6.45) is 0. The Kier molecular flexibility index (Phi) is 3.64. The van der Waals surface area contributed by atoms with Crippen LogP contribution >= 0.6 is 15.9 Å². The Morgan fingerprint density at radius 1 is 1.21 bits per heavy atom. The van der Waals surface area contributed by atoms with Gasteiger partial charge in [0.25, 0.3) is 0 Å². The zero-order valence-electron chi connectivity index (χ0n) is 9.73. The second-order valence-electron chi connectivity index (χ2n) is 4.03. The molecule has 1 heterocycles. The van der Waals surface area contributed by atoms with Gasteiger partial charge in [0.15, 0.2) is 0 Å². The van der Waals surface area contributed by atoms with Crippen molar-refractivity contribution in [1.29, 1.82) is 0 Å². The fourth-order valence-electron chi connectivity index (χ4n) is 1.80. The second-order valence-corrected chi connectivity index (χ2v) is 5.99. The molecule has 0 aromatic heterocycles. The van der Waals surface area contributed by atoms with Crippen LogP contribution in [0.3, 0.4) is 0 Å². The number of benzene rings is 2. The van der Waals surface area contributed by atoms with Gasteiger partial charge >= 0.3 is 124 Å². The van der Waals surface area contributed by atoms with Gasteiger partial charge in [0.2, 0.25) is 0 Å². The first kappa shape index (κ1) is 12.8. The molecule has 3 nitrogen and oxygen atoms in total. The maximum absolute atomic E-state index is 13.0. The summed E-state index contributed by atoms with van der Waals surface area (Å²) in [6, 6.07) is 10.6. The topological polar surface area (TPSA) is 36.8 Å². The Morgan fingerprint density at radius 3 is 2.95 bits per heavy atom. The van der Waals surface area contributed by atoms with Crippen molar-refractivity contribution in [3.05, 3.63) is 52.3 Å². The molecule has 0 amide bonds. The molecule has 3 rings (SSSR count). The molecule has 1 aliphatic heterocycles. The molecule has 19 heavy (non-hydrogen) atoms. The molecular formula is C13H9BrFN3Se. The molecular weight excluding hydrogens is 376 g/mol. The van der Waals surface area contributed by atoms with Crippen molar-refractivity contribution < 1.29 is 4.39 Å². The van der Waals surface area contributed by atoms with E-state index >= 15 is 0 Å². The summed E-state index contributed by atoms with van der Waals surface area (Å²) < 4.78 is 22.5. The number of hydrogen-bond acceptors (Lipinski definition) is 3. The molecule has 0 spiro atoms. The molecule has 2 aromatic carbocycles. The van der Waals surface area contributed by atoms with Crippen LogP contribution in [0.4, 0.5) is 21.5 Å². The van der Waals surface area contributed by atoms with E-state index in [0.717, 1.165) is 27.1 Å². The number of anilines is 1. The van der Waals surface area contributed by atoms with E-state index in [2.05, 4.69) is 29.2 Å². The first-order valence-electron chi connectivity index (χ1n) is 5.63. The quantitative estimate of drug-likeness (QED) is 0.660. The van der Waals surface area contributed by atoms with Crippen molar-refractivity contribution in [2.45, 2.75) is 6.54 Å². The van der Waals surface area contributed by atoms with Crippen LogP contribution in [0.1, 0.15) is 5.56 Å². The van der Waals surface area contributed by atoms with Crippen LogP contribution in [0, 0.1) is 5.82 Å². The summed E-state index contributed by atoms with van der Waals surface area (Å²) >= 11 is 3.33.